The van der Waals surface area contributed by atoms with Gasteiger partial charge in [-0.15, -0.1) is 0 Å². The monoisotopic (exact) mass is 257 g/mol. The maximum atomic E-state index is 6.14. The molecule has 0 spiro atoms. The van der Waals surface area contributed by atoms with Crippen molar-refractivity contribution in [3.8, 4) is 11.3 Å². The first kappa shape index (κ1) is 13.7. The normalized spacial score (nSPS) is 11.3. The standard InChI is InChI=1S/C16H23N3/c1-10(2)8-19-9-14(17)16(18-19)15-12(4)6-11(3)7-13(15)5/h6-7,9-10H,8,17H2,1-5H3. The molecule has 0 saturated carbocycles. The summed E-state index contributed by atoms with van der Waals surface area (Å²) < 4.78 is 1.95. The Labute approximate surface area is 115 Å². The summed E-state index contributed by atoms with van der Waals surface area (Å²) in [5, 5.41) is 4.66. The predicted octanol–water partition coefficient (Wildman–Crippen LogP) is 3.71. The summed E-state index contributed by atoms with van der Waals surface area (Å²) in [6.07, 6.45) is 1.94. The number of hydrogen-bond acceptors (Lipinski definition) is 2. The van der Waals surface area contributed by atoms with Crippen LogP contribution in [-0.2, 0) is 6.54 Å². The molecule has 102 valence electrons. The highest BCUT2D eigenvalue weighted by atomic mass is 15.3. The second-order valence-corrected chi connectivity index (χ2v) is 5.82. The molecule has 0 aliphatic heterocycles. The molecule has 2 aromatic rings. The molecule has 3 nitrogen and oxygen atoms in total. The number of nitrogens with two attached hydrogens (primary N) is 1. The van der Waals surface area contributed by atoms with Gasteiger partial charge in [0.1, 0.15) is 5.69 Å². The van der Waals surface area contributed by atoms with Crippen LogP contribution in [0.2, 0.25) is 0 Å². The quantitative estimate of drug-likeness (QED) is 0.910. The molecule has 0 fully saturated rings. The van der Waals surface area contributed by atoms with Crippen LogP contribution in [0, 0.1) is 26.7 Å². The molecular formula is C16H23N3. The van der Waals surface area contributed by atoms with Gasteiger partial charge in [-0.05, 0) is 37.8 Å². The Balaban J connectivity index is 2.50. The molecule has 2 rings (SSSR count). The van der Waals surface area contributed by atoms with Gasteiger partial charge in [0.25, 0.3) is 0 Å². The SMILES string of the molecule is Cc1cc(C)c(-c2nn(CC(C)C)cc2N)c(C)c1. The van der Waals surface area contributed by atoms with Crippen molar-refractivity contribution < 1.29 is 0 Å². The van der Waals surface area contributed by atoms with E-state index in [1.807, 2.05) is 10.9 Å². The fourth-order valence-electron chi connectivity index (χ4n) is 2.65. The summed E-state index contributed by atoms with van der Waals surface area (Å²) in [7, 11) is 0. The largest absolute Gasteiger partial charge is 0.396 e. The summed E-state index contributed by atoms with van der Waals surface area (Å²) in [4.78, 5) is 0. The topological polar surface area (TPSA) is 43.8 Å². The molecule has 1 aromatic carbocycles. The maximum Gasteiger partial charge on any atom is 0.116 e. The van der Waals surface area contributed by atoms with Crippen LogP contribution in [0.3, 0.4) is 0 Å². The molecule has 0 unspecified atom stereocenters. The molecule has 0 aliphatic rings. The number of hydrogen-bond donors (Lipinski definition) is 1. The van der Waals surface area contributed by atoms with E-state index in [0.29, 0.717) is 5.92 Å². The highest BCUT2D eigenvalue weighted by molar-refractivity contribution is 5.77. The first-order chi connectivity index (χ1) is 8.88. The van der Waals surface area contributed by atoms with E-state index in [0.717, 1.165) is 17.9 Å². The number of aryl methyl sites for hydroxylation is 3. The van der Waals surface area contributed by atoms with Gasteiger partial charge in [0.2, 0.25) is 0 Å². The maximum absolute atomic E-state index is 6.14. The van der Waals surface area contributed by atoms with E-state index in [1.54, 1.807) is 0 Å². The first-order valence-corrected chi connectivity index (χ1v) is 6.79. The molecule has 2 N–H and O–H groups in total. The Bertz CT molecular complexity index is 571. The van der Waals surface area contributed by atoms with E-state index in [4.69, 9.17) is 5.73 Å². The third-order valence-electron chi connectivity index (χ3n) is 3.26. The van der Waals surface area contributed by atoms with Crippen molar-refractivity contribution in [2.24, 2.45) is 5.92 Å². The average molecular weight is 257 g/mol. The van der Waals surface area contributed by atoms with Crippen LogP contribution < -0.4 is 5.73 Å². The van der Waals surface area contributed by atoms with Gasteiger partial charge >= 0.3 is 0 Å². The van der Waals surface area contributed by atoms with Crippen molar-refractivity contribution in [2.75, 3.05) is 5.73 Å². The van der Waals surface area contributed by atoms with Gasteiger partial charge in [-0.3, -0.25) is 4.68 Å². The van der Waals surface area contributed by atoms with Gasteiger partial charge in [-0.1, -0.05) is 31.5 Å². The zero-order valence-electron chi connectivity index (χ0n) is 12.5. The van der Waals surface area contributed by atoms with Gasteiger partial charge in [0, 0.05) is 18.3 Å². The average Bonchev–Trinajstić information content (AvgIpc) is 2.57. The minimum absolute atomic E-state index is 0.562. The molecule has 1 heterocycles. The summed E-state index contributed by atoms with van der Waals surface area (Å²) in [5.74, 6) is 0.562. The zero-order chi connectivity index (χ0) is 14.2. The van der Waals surface area contributed by atoms with E-state index in [1.165, 1.54) is 22.3 Å². The number of rotatable bonds is 3. The Morgan fingerprint density at radius 1 is 1.16 bits per heavy atom. The van der Waals surface area contributed by atoms with Gasteiger partial charge in [-0.2, -0.15) is 5.10 Å². The minimum Gasteiger partial charge on any atom is -0.396 e. The second kappa shape index (κ2) is 5.08. The molecule has 19 heavy (non-hydrogen) atoms. The lowest BCUT2D eigenvalue weighted by Crippen LogP contribution is -2.04. The highest BCUT2D eigenvalue weighted by Gasteiger charge is 2.14. The van der Waals surface area contributed by atoms with Gasteiger partial charge in [-0.25, -0.2) is 0 Å². The summed E-state index contributed by atoms with van der Waals surface area (Å²) in [6.45, 7) is 11.6. The Hall–Kier alpha value is -1.77. The zero-order valence-corrected chi connectivity index (χ0v) is 12.5. The summed E-state index contributed by atoms with van der Waals surface area (Å²) in [6, 6.07) is 4.37. The van der Waals surface area contributed by atoms with Crippen molar-refractivity contribution in [3.63, 3.8) is 0 Å². The molecule has 1 aromatic heterocycles. The molecule has 0 saturated heterocycles. The molecular weight excluding hydrogens is 234 g/mol. The third-order valence-corrected chi connectivity index (χ3v) is 3.26. The Morgan fingerprint density at radius 3 is 2.26 bits per heavy atom. The van der Waals surface area contributed by atoms with Gasteiger partial charge in [0.05, 0.1) is 5.69 Å². The van der Waals surface area contributed by atoms with Crippen LogP contribution in [0.1, 0.15) is 30.5 Å². The minimum atomic E-state index is 0.562. The van der Waals surface area contributed by atoms with E-state index in [2.05, 4.69) is 51.9 Å². The molecule has 0 amide bonds. The van der Waals surface area contributed by atoms with Crippen molar-refractivity contribution in [1.82, 2.24) is 9.78 Å². The number of anilines is 1. The molecule has 3 heteroatoms. The van der Waals surface area contributed by atoms with Crippen LogP contribution in [0.25, 0.3) is 11.3 Å². The second-order valence-electron chi connectivity index (χ2n) is 5.82. The molecule has 0 aliphatic carbocycles. The lowest BCUT2D eigenvalue weighted by atomic mass is 9.97. The highest BCUT2D eigenvalue weighted by Crippen LogP contribution is 2.31. The van der Waals surface area contributed by atoms with Crippen LogP contribution in [0.15, 0.2) is 18.3 Å². The van der Waals surface area contributed by atoms with E-state index >= 15 is 0 Å². The smallest absolute Gasteiger partial charge is 0.116 e. The predicted molar refractivity (Wildman–Crippen MR) is 81.1 cm³/mol. The van der Waals surface area contributed by atoms with Crippen LogP contribution in [0.4, 0.5) is 5.69 Å². The van der Waals surface area contributed by atoms with E-state index < -0.39 is 0 Å². The number of nitrogens with zero attached hydrogens (tertiary/aromatic N) is 2. The van der Waals surface area contributed by atoms with E-state index in [-0.39, 0.29) is 0 Å². The van der Waals surface area contributed by atoms with Crippen molar-refractivity contribution in [2.45, 2.75) is 41.2 Å². The van der Waals surface area contributed by atoms with Crippen molar-refractivity contribution in [3.05, 3.63) is 35.0 Å². The van der Waals surface area contributed by atoms with Gasteiger partial charge < -0.3 is 5.73 Å². The van der Waals surface area contributed by atoms with Crippen LogP contribution in [-0.4, -0.2) is 9.78 Å². The summed E-state index contributed by atoms with van der Waals surface area (Å²) in [5.41, 5.74) is 12.7. The molecule has 0 radical (unpaired) electrons. The fraction of sp³-hybridized carbons (Fsp3) is 0.438. The Kier molecular flexibility index (Phi) is 3.65. The van der Waals surface area contributed by atoms with Crippen molar-refractivity contribution >= 4 is 5.69 Å². The number of aromatic nitrogens is 2. The third kappa shape index (κ3) is 2.80. The lowest BCUT2D eigenvalue weighted by Gasteiger charge is -2.10. The first-order valence-electron chi connectivity index (χ1n) is 6.79. The van der Waals surface area contributed by atoms with Crippen LogP contribution in [0.5, 0.6) is 0 Å². The molecule has 0 atom stereocenters. The van der Waals surface area contributed by atoms with Gasteiger partial charge in [0.15, 0.2) is 0 Å². The van der Waals surface area contributed by atoms with Crippen LogP contribution >= 0.6 is 0 Å². The fourth-order valence-corrected chi connectivity index (χ4v) is 2.65. The number of benzene rings is 1. The summed E-state index contributed by atoms with van der Waals surface area (Å²) >= 11 is 0. The lowest BCUT2D eigenvalue weighted by molar-refractivity contribution is 0.484. The molecule has 0 bridgehead atoms. The number of nitrogen functional groups attached to an aromatic ring is 1. The van der Waals surface area contributed by atoms with Crippen molar-refractivity contribution in [1.29, 1.82) is 0 Å². The van der Waals surface area contributed by atoms with E-state index in [9.17, 15) is 0 Å². The Morgan fingerprint density at radius 2 is 1.74 bits per heavy atom.